The maximum absolute atomic E-state index is 10.3. The monoisotopic (exact) mass is 362 g/mol. The third-order valence-electron chi connectivity index (χ3n) is 4.22. The van der Waals surface area contributed by atoms with Crippen molar-refractivity contribution in [1.82, 2.24) is 4.90 Å². The number of aliphatic hydroxyl groups excluding tert-OH is 1. The fourth-order valence-corrected chi connectivity index (χ4v) is 3.87. The highest BCUT2D eigenvalue weighted by atomic mass is 35.5. The average molecular weight is 363 g/mol. The van der Waals surface area contributed by atoms with Crippen LogP contribution in [0.25, 0.3) is 0 Å². The second-order valence-corrected chi connectivity index (χ2v) is 7.57. The molecule has 0 amide bonds. The van der Waals surface area contributed by atoms with Gasteiger partial charge in [0.05, 0.1) is 6.10 Å². The Morgan fingerprint density at radius 3 is 2.29 bits per heavy atom. The highest BCUT2D eigenvalue weighted by Gasteiger charge is 2.19. The number of β-amino-alcohol motifs (C(OH)–C–C–N with tert-alkyl or cyclic N) is 1. The van der Waals surface area contributed by atoms with Crippen molar-refractivity contribution < 1.29 is 5.11 Å². The molecule has 0 unspecified atom stereocenters. The van der Waals surface area contributed by atoms with Crippen molar-refractivity contribution in [3.8, 4) is 0 Å². The van der Waals surface area contributed by atoms with E-state index in [0.29, 0.717) is 0 Å². The molecule has 5 heteroatoms. The van der Waals surface area contributed by atoms with Crippen LogP contribution in [-0.4, -0.2) is 54.6 Å². The van der Waals surface area contributed by atoms with Gasteiger partial charge in [-0.05, 0) is 36.4 Å². The first kappa shape index (κ1) is 17.6. The first-order chi connectivity index (χ1) is 11.7. The van der Waals surface area contributed by atoms with Crippen LogP contribution in [0.15, 0.2) is 59.5 Å². The molecule has 0 radical (unpaired) electrons. The molecular formula is C19H23ClN2OS. The van der Waals surface area contributed by atoms with Gasteiger partial charge in [0.15, 0.2) is 0 Å². The highest BCUT2D eigenvalue weighted by Crippen LogP contribution is 2.21. The SMILES string of the molecule is O[C@H](CSc1ccccc1)CN1CCN(c2ccc(Cl)cc2)CC1. The Morgan fingerprint density at radius 2 is 1.62 bits per heavy atom. The number of benzene rings is 2. The van der Waals surface area contributed by atoms with Crippen molar-refractivity contribution in [2.45, 2.75) is 11.0 Å². The van der Waals surface area contributed by atoms with E-state index in [-0.39, 0.29) is 6.10 Å². The standard InChI is InChI=1S/C19H23ClN2OS/c20-16-6-8-17(9-7-16)22-12-10-21(11-13-22)14-18(23)15-24-19-4-2-1-3-5-19/h1-9,18,23H,10-15H2/t18-/m0/s1. The number of hydrogen-bond donors (Lipinski definition) is 1. The number of halogens is 1. The molecule has 1 aliphatic heterocycles. The minimum Gasteiger partial charge on any atom is -0.391 e. The van der Waals surface area contributed by atoms with E-state index in [1.54, 1.807) is 11.8 Å². The van der Waals surface area contributed by atoms with Gasteiger partial charge in [0.2, 0.25) is 0 Å². The van der Waals surface area contributed by atoms with Crippen LogP contribution in [0, 0.1) is 0 Å². The van der Waals surface area contributed by atoms with Gasteiger partial charge in [-0.1, -0.05) is 29.8 Å². The van der Waals surface area contributed by atoms with E-state index in [1.807, 2.05) is 30.3 Å². The molecule has 0 spiro atoms. The number of thioether (sulfide) groups is 1. The Hall–Kier alpha value is -1.20. The highest BCUT2D eigenvalue weighted by molar-refractivity contribution is 7.99. The van der Waals surface area contributed by atoms with E-state index < -0.39 is 0 Å². The van der Waals surface area contributed by atoms with Crippen LogP contribution >= 0.6 is 23.4 Å². The van der Waals surface area contributed by atoms with Crippen LogP contribution in [0.3, 0.4) is 0 Å². The lowest BCUT2D eigenvalue weighted by atomic mass is 10.2. The van der Waals surface area contributed by atoms with E-state index in [1.165, 1.54) is 10.6 Å². The van der Waals surface area contributed by atoms with Crippen LogP contribution in [0.1, 0.15) is 0 Å². The zero-order valence-corrected chi connectivity index (χ0v) is 15.2. The van der Waals surface area contributed by atoms with Gasteiger partial charge in [-0.2, -0.15) is 0 Å². The van der Waals surface area contributed by atoms with Gasteiger partial charge in [-0.3, -0.25) is 4.90 Å². The maximum Gasteiger partial charge on any atom is 0.0760 e. The first-order valence-electron chi connectivity index (χ1n) is 8.29. The molecule has 24 heavy (non-hydrogen) atoms. The second kappa shape index (κ2) is 8.77. The van der Waals surface area contributed by atoms with Crippen molar-refractivity contribution in [2.24, 2.45) is 0 Å². The molecule has 2 aromatic rings. The Kier molecular flexibility index (Phi) is 6.44. The van der Waals surface area contributed by atoms with Gasteiger partial charge in [-0.15, -0.1) is 11.8 Å². The zero-order valence-electron chi connectivity index (χ0n) is 13.6. The minimum atomic E-state index is -0.294. The van der Waals surface area contributed by atoms with Crippen molar-refractivity contribution in [3.63, 3.8) is 0 Å². The molecule has 1 heterocycles. The third-order valence-corrected chi connectivity index (χ3v) is 5.63. The number of rotatable bonds is 6. The van der Waals surface area contributed by atoms with Gasteiger partial charge in [0.1, 0.15) is 0 Å². The summed E-state index contributed by atoms with van der Waals surface area (Å²) < 4.78 is 0. The first-order valence-corrected chi connectivity index (χ1v) is 9.66. The molecule has 128 valence electrons. The number of hydrogen-bond acceptors (Lipinski definition) is 4. The Bertz CT molecular complexity index is 615. The largest absolute Gasteiger partial charge is 0.391 e. The van der Waals surface area contributed by atoms with Crippen LogP contribution in [0.2, 0.25) is 5.02 Å². The Labute approximate surface area is 153 Å². The predicted octanol–water partition coefficient (Wildman–Crippen LogP) is 3.62. The lowest BCUT2D eigenvalue weighted by Crippen LogP contribution is -2.48. The van der Waals surface area contributed by atoms with Crippen molar-refractivity contribution in [1.29, 1.82) is 0 Å². The van der Waals surface area contributed by atoms with Crippen LogP contribution in [0.4, 0.5) is 5.69 Å². The third kappa shape index (κ3) is 5.15. The van der Waals surface area contributed by atoms with Crippen LogP contribution in [0.5, 0.6) is 0 Å². The summed E-state index contributed by atoms with van der Waals surface area (Å²) in [4.78, 5) is 5.93. The molecule has 0 aliphatic carbocycles. The zero-order chi connectivity index (χ0) is 16.8. The molecule has 1 saturated heterocycles. The molecule has 0 saturated carbocycles. The minimum absolute atomic E-state index is 0.294. The van der Waals surface area contributed by atoms with Gasteiger partial charge in [0, 0.05) is 54.1 Å². The summed E-state index contributed by atoms with van der Waals surface area (Å²) in [5, 5.41) is 11.1. The quantitative estimate of drug-likeness (QED) is 0.794. The van der Waals surface area contributed by atoms with Crippen molar-refractivity contribution in [2.75, 3.05) is 43.4 Å². The number of aliphatic hydroxyl groups is 1. The maximum atomic E-state index is 10.3. The summed E-state index contributed by atoms with van der Waals surface area (Å²) >= 11 is 7.66. The van der Waals surface area contributed by atoms with Crippen molar-refractivity contribution >= 4 is 29.1 Å². The summed E-state index contributed by atoms with van der Waals surface area (Å²) in [6, 6.07) is 18.3. The van der Waals surface area contributed by atoms with E-state index in [9.17, 15) is 5.11 Å². The lowest BCUT2D eigenvalue weighted by molar-refractivity contribution is 0.126. The number of nitrogens with zero attached hydrogens (tertiary/aromatic N) is 2. The summed E-state index contributed by atoms with van der Waals surface area (Å²) in [7, 11) is 0. The van der Waals surface area contributed by atoms with Crippen LogP contribution in [-0.2, 0) is 0 Å². The smallest absolute Gasteiger partial charge is 0.0760 e. The number of piperazine rings is 1. The lowest BCUT2D eigenvalue weighted by Gasteiger charge is -2.36. The number of anilines is 1. The van der Waals surface area contributed by atoms with Gasteiger partial charge in [-0.25, -0.2) is 0 Å². The molecule has 1 aliphatic rings. The van der Waals surface area contributed by atoms with E-state index in [2.05, 4.69) is 34.1 Å². The van der Waals surface area contributed by atoms with Gasteiger partial charge in [0.25, 0.3) is 0 Å². The average Bonchev–Trinajstić information content (AvgIpc) is 2.62. The molecule has 0 bridgehead atoms. The summed E-state index contributed by atoms with van der Waals surface area (Å²) in [6.07, 6.45) is -0.294. The molecule has 1 fully saturated rings. The van der Waals surface area contributed by atoms with Gasteiger partial charge < -0.3 is 10.0 Å². The normalized spacial score (nSPS) is 17.0. The summed E-state index contributed by atoms with van der Waals surface area (Å²) in [5.41, 5.74) is 1.22. The Morgan fingerprint density at radius 1 is 0.958 bits per heavy atom. The Balaban J connectivity index is 1.41. The molecule has 1 N–H and O–H groups in total. The molecule has 0 aromatic heterocycles. The van der Waals surface area contributed by atoms with Crippen molar-refractivity contribution in [3.05, 3.63) is 59.6 Å². The summed E-state index contributed by atoms with van der Waals surface area (Å²) in [5.74, 6) is 0.738. The topological polar surface area (TPSA) is 26.7 Å². The second-order valence-electron chi connectivity index (χ2n) is 6.04. The van der Waals surface area contributed by atoms with Gasteiger partial charge >= 0.3 is 0 Å². The van der Waals surface area contributed by atoms with E-state index in [4.69, 9.17) is 11.6 Å². The molecular weight excluding hydrogens is 340 g/mol. The summed E-state index contributed by atoms with van der Waals surface area (Å²) in [6.45, 7) is 4.68. The molecule has 2 aromatic carbocycles. The predicted molar refractivity (Wildman–Crippen MR) is 103 cm³/mol. The molecule has 1 atom stereocenters. The van der Waals surface area contributed by atoms with E-state index >= 15 is 0 Å². The van der Waals surface area contributed by atoms with Crippen LogP contribution < -0.4 is 4.90 Å². The fourth-order valence-electron chi connectivity index (χ4n) is 2.90. The molecule has 3 rings (SSSR count). The molecule has 3 nitrogen and oxygen atoms in total. The van der Waals surface area contributed by atoms with E-state index in [0.717, 1.165) is 43.5 Å². The fraction of sp³-hybridized carbons (Fsp3) is 0.368.